The monoisotopic (exact) mass is 378 g/mol. The van der Waals surface area contributed by atoms with Crippen molar-refractivity contribution in [3.8, 4) is 5.75 Å². The van der Waals surface area contributed by atoms with Crippen molar-refractivity contribution >= 4 is 28.5 Å². The van der Waals surface area contributed by atoms with Crippen molar-refractivity contribution in [2.75, 3.05) is 56.0 Å². The number of nitrogens with zero attached hydrogens (tertiary/aromatic N) is 4. The standard InChI is InChI=1S/C22H26N4O2/c1-24(2)22-23-18-11-14(5-8-21(18)28-22)26-10-9-20-17(13-26)16-12-15(27-4)6-7-19(16)25(20)3/h5-8,11-12,17,20H,9-10,13H2,1-4H3. The van der Waals surface area contributed by atoms with Crippen LogP contribution < -0.4 is 19.4 Å². The lowest BCUT2D eigenvalue weighted by Gasteiger charge is -2.39. The second-order valence-corrected chi connectivity index (χ2v) is 7.99. The summed E-state index contributed by atoms with van der Waals surface area (Å²) in [5.74, 6) is 1.42. The number of benzene rings is 2. The second-order valence-electron chi connectivity index (χ2n) is 7.99. The van der Waals surface area contributed by atoms with Gasteiger partial charge < -0.3 is 23.9 Å². The topological polar surface area (TPSA) is 45.0 Å². The van der Waals surface area contributed by atoms with Gasteiger partial charge in [0, 0.05) is 57.6 Å². The molecule has 28 heavy (non-hydrogen) atoms. The van der Waals surface area contributed by atoms with E-state index in [9.17, 15) is 0 Å². The van der Waals surface area contributed by atoms with Crippen LogP contribution in [0.25, 0.3) is 11.1 Å². The van der Waals surface area contributed by atoms with Crippen molar-refractivity contribution in [3.05, 3.63) is 42.0 Å². The molecule has 5 rings (SSSR count). The number of hydrogen-bond donors (Lipinski definition) is 0. The van der Waals surface area contributed by atoms with Crippen LogP contribution in [0.4, 0.5) is 17.4 Å². The van der Waals surface area contributed by atoms with E-state index in [1.54, 1.807) is 7.11 Å². The molecule has 1 fully saturated rings. The van der Waals surface area contributed by atoms with Crippen LogP contribution in [-0.4, -0.2) is 52.4 Å². The molecular weight excluding hydrogens is 352 g/mol. The molecule has 0 saturated carbocycles. The van der Waals surface area contributed by atoms with E-state index in [2.05, 4.69) is 52.2 Å². The highest BCUT2D eigenvalue weighted by Gasteiger charge is 2.40. The molecule has 6 heteroatoms. The number of methoxy groups -OCH3 is 1. The molecule has 0 spiro atoms. The Morgan fingerprint density at radius 3 is 2.82 bits per heavy atom. The van der Waals surface area contributed by atoms with Gasteiger partial charge in [0.25, 0.3) is 6.01 Å². The largest absolute Gasteiger partial charge is 0.497 e. The minimum Gasteiger partial charge on any atom is -0.497 e. The smallest absolute Gasteiger partial charge is 0.297 e. The SMILES string of the molecule is COc1ccc2c(c1)C1CN(c3ccc4oc(N(C)C)nc4c3)CCC1N2C. The summed E-state index contributed by atoms with van der Waals surface area (Å²) in [6.07, 6.45) is 1.14. The Morgan fingerprint density at radius 2 is 2.04 bits per heavy atom. The van der Waals surface area contributed by atoms with E-state index in [1.807, 2.05) is 25.1 Å². The number of ether oxygens (including phenoxy) is 1. The molecule has 0 aliphatic carbocycles. The molecule has 0 amide bonds. The average Bonchev–Trinajstić information content (AvgIpc) is 3.27. The summed E-state index contributed by atoms with van der Waals surface area (Å²) in [7, 11) is 7.84. The molecule has 1 aromatic heterocycles. The van der Waals surface area contributed by atoms with Crippen LogP contribution in [-0.2, 0) is 0 Å². The molecule has 2 aromatic carbocycles. The zero-order valence-corrected chi connectivity index (χ0v) is 16.8. The summed E-state index contributed by atoms with van der Waals surface area (Å²) < 4.78 is 11.3. The molecule has 2 unspecified atom stereocenters. The molecule has 0 bridgehead atoms. The third-order valence-corrected chi connectivity index (χ3v) is 6.20. The lowest BCUT2D eigenvalue weighted by Crippen LogP contribution is -2.45. The Morgan fingerprint density at radius 1 is 1.18 bits per heavy atom. The van der Waals surface area contributed by atoms with Crippen molar-refractivity contribution in [3.63, 3.8) is 0 Å². The first-order valence-corrected chi connectivity index (χ1v) is 9.79. The van der Waals surface area contributed by atoms with Gasteiger partial charge in [-0.3, -0.25) is 0 Å². The lowest BCUT2D eigenvalue weighted by atomic mass is 9.88. The highest BCUT2D eigenvalue weighted by atomic mass is 16.5. The maximum absolute atomic E-state index is 5.80. The third-order valence-electron chi connectivity index (χ3n) is 6.20. The normalized spacial score (nSPS) is 21.0. The zero-order valence-electron chi connectivity index (χ0n) is 16.8. The quantitative estimate of drug-likeness (QED) is 0.692. The average molecular weight is 378 g/mol. The molecule has 2 atom stereocenters. The van der Waals surface area contributed by atoms with Crippen molar-refractivity contribution in [1.82, 2.24) is 4.98 Å². The summed E-state index contributed by atoms with van der Waals surface area (Å²) in [5.41, 5.74) is 5.68. The molecule has 0 radical (unpaired) electrons. The van der Waals surface area contributed by atoms with Crippen LogP contribution in [0.2, 0.25) is 0 Å². The first-order valence-electron chi connectivity index (χ1n) is 9.79. The molecule has 146 valence electrons. The minimum absolute atomic E-state index is 0.481. The number of anilines is 3. The van der Waals surface area contributed by atoms with Crippen molar-refractivity contribution in [2.45, 2.75) is 18.4 Å². The van der Waals surface area contributed by atoms with Gasteiger partial charge in [-0.15, -0.1) is 0 Å². The van der Waals surface area contributed by atoms with Gasteiger partial charge in [0.1, 0.15) is 11.3 Å². The van der Waals surface area contributed by atoms with Gasteiger partial charge in [-0.25, -0.2) is 0 Å². The molecule has 3 heterocycles. The molecule has 3 aromatic rings. The predicted molar refractivity (Wildman–Crippen MR) is 113 cm³/mol. The van der Waals surface area contributed by atoms with Crippen molar-refractivity contribution in [2.24, 2.45) is 0 Å². The van der Waals surface area contributed by atoms with Gasteiger partial charge in [0.2, 0.25) is 0 Å². The minimum atomic E-state index is 0.481. The van der Waals surface area contributed by atoms with Gasteiger partial charge in [-0.05, 0) is 48.4 Å². The summed E-state index contributed by atoms with van der Waals surface area (Å²) in [6.45, 7) is 2.04. The van der Waals surface area contributed by atoms with E-state index in [-0.39, 0.29) is 0 Å². The lowest BCUT2D eigenvalue weighted by molar-refractivity contribution is 0.412. The fraction of sp³-hybridized carbons (Fsp3) is 0.409. The van der Waals surface area contributed by atoms with E-state index in [0.29, 0.717) is 18.0 Å². The maximum atomic E-state index is 5.80. The van der Waals surface area contributed by atoms with Crippen LogP contribution in [0.15, 0.2) is 40.8 Å². The third kappa shape index (κ3) is 2.58. The van der Waals surface area contributed by atoms with E-state index >= 15 is 0 Å². The molecule has 2 aliphatic rings. The van der Waals surface area contributed by atoms with Gasteiger partial charge in [-0.2, -0.15) is 4.98 Å². The van der Waals surface area contributed by atoms with Gasteiger partial charge in [0.05, 0.1) is 7.11 Å². The Kier molecular flexibility index (Phi) is 3.89. The van der Waals surface area contributed by atoms with E-state index < -0.39 is 0 Å². The molecule has 2 aliphatic heterocycles. The molecule has 0 N–H and O–H groups in total. The number of likely N-dealkylation sites (N-methyl/N-ethyl adjacent to an activating group) is 1. The Balaban J connectivity index is 1.46. The van der Waals surface area contributed by atoms with Crippen LogP contribution in [0, 0.1) is 0 Å². The van der Waals surface area contributed by atoms with Crippen LogP contribution in [0.1, 0.15) is 17.9 Å². The summed E-state index contributed by atoms with van der Waals surface area (Å²) >= 11 is 0. The maximum Gasteiger partial charge on any atom is 0.297 e. The summed E-state index contributed by atoms with van der Waals surface area (Å²) in [6, 6.07) is 14.0. The summed E-state index contributed by atoms with van der Waals surface area (Å²) in [4.78, 5) is 11.4. The first-order chi connectivity index (χ1) is 13.5. The number of fused-ring (bicyclic) bond motifs is 4. The Hall–Kier alpha value is -2.89. The van der Waals surface area contributed by atoms with E-state index in [4.69, 9.17) is 9.15 Å². The molecule has 6 nitrogen and oxygen atoms in total. The van der Waals surface area contributed by atoms with Gasteiger partial charge in [-0.1, -0.05) is 0 Å². The number of hydrogen-bond acceptors (Lipinski definition) is 6. The van der Waals surface area contributed by atoms with Crippen LogP contribution >= 0.6 is 0 Å². The number of piperidine rings is 1. The number of oxazole rings is 1. The van der Waals surface area contributed by atoms with Crippen molar-refractivity contribution < 1.29 is 9.15 Å². The fourth-order valence-electron chi connectivity index (χ4n) is 4.69. The molecular formula is C22H26N4O2. The molecule has 1 saturated heterocycles. The summed E-state index contributed by atoms with van der Waals surface area (Å²) in [5, 5.41) is 0. The Bertz CT molecular complexity index is 1030. The predicted octanol–water partition coefficient (Wildman–Crippen LogP) is 3.71. The van der Waals surface area contributed by atoms with Gasteiger partial charge >= 0.3 is 0 Å². The van der Waals surface area contributed by atoms with Crippen LogP contribution in [0.3, 0.4) is 0 Å². The zero-order chi connectivity index (χ0) is 19.4. The van der Waals surface area contributed by atoms with E-state index in [1.165, 1.54) is 16.9 Å². The second kappa shape index (κ2) is 6.33. The van der Waals surface area contributed by atoms with Crippen LogP contribution in [0.5, 0.6) is 5.75 Å². The fourth-order valence-corrected chi connectivity index (χ4v) is 4.69. The van der Waals surface area contributed by atoms with E-state index in [0.717, 1.165) is 36.4 Å². The van der Waals surface area contributed by atoms with Crippen molar-refractivity contribution in [1.29, 1.82) is 0 Å². The first kappa shape index (κ1) is 17.2. The highest BCUT2D eigenvalue weighted by Crippen LogP contribution is 2.46. The number of rotatable bonds is 3. The van der Waals surface area contributed by atoms with Gasteiger partial charge in [0.15, 0.2) is 5.58 Å². The Labute approximate surface area is 165 Å². The highest BCUT2D eigenvalue weighted by molar-refractivity contribution is 5.79. The number of aromatic nitrogens is 1.